The quantitative estimate of drug-likeness (QED) is 0.763. The zero-order chi connectivity index (χ0) is 12.1. The van der Waals surface area contributed by atoms with Crippen molar-refractivity contribution < 1.29 is 19.0 Å². The van der Waals surface area contributed by atoms with Crippen molar-refractivity contribution in [1.29, 1.82) is 0 Å². The Labute approximate surface area is 92.4 Å². The summed E-state index contributed by atoms with van der Waals surface area (Å²) in [5.41, 5.74) is 0.439. The van der Waals surface area contributed by atoms with Crippen LogP contribution in [-0.4, -0.2) is 18.1 Å². The highest BCUT2D eigenvalue weighted by molar-refractivity contribution is 5.90. The van der Waals surface area contributed by atoms with E-state index in [-0.39, 0.29) is 12.3 Å². The van der Waals surface area contributed by atoms with Gasteiger partial charge in [-0.2, -0.15) is 0 Å². The van der Waals surface area contributed by atoms with Crippen molar-refractivity contribution in [2.45, 2.75) is 6.54 Å². The summed E-state index contributed by atoms with van der Waals surface area (Å²) in [5.74, 6) is -1.75. The zero-order valence-corrected chi connectivity index (χ0v) is 8.79. The summed E-state index contributed by atoms with van der Waals surface area (Å²) < 4.78 is 17.2. The highest BCUT2D eigenvalue weighted by Gasteiger charge is 2.09. The Kier molecular flexibility index (Phi) is 3.88. The monoisotopic (exact) mass is 225 g/mol. The van der Waals surface area contributed by atoms with E-state index in [2.05, 4.69) is 11.9 Å². The average molecular weight is 225 g/mol. The molecular formula is C11H12FNO3. The van der Waals surface area contributed by atoms with E-state index in [9.17, 15) is 14.3 Å². The number of para-hydroxylation sites is 1. The zero-order valence-electron chi connectivity index (χ0n) is 8.79. The molecule has 1 aromatic carbocycles. The van der Waals surface area contributed by atoms with Gasteiger partial charge in [-0.3, -0.25) is 4.79 Å². The molecule has 0 fully saturated rings. The third kappa shape index (κ3) is 2.73. The van der Waals surface area contributed by atoms with Gasteiger partial charge in [0.05, 0.1) is 7.11 Å². The first-order chi connectivity index (χ1) is 7.56. The van der Waals surface area contributed by atoms with Crippen LogP contribution < -0.4 is 10.1 Å². The van der Waals surface area contributed by atoms with E-state index in [1.54, 1.807) is 18.2 Å². The summed E-state index contributed by atoms with van der Waals surface area (Å²) in [7, 11) is 1.42. The predicted octanol–water partition coefficient (Wildman–Crippen LogP) is 1.50. The number of methoxy groups -OCH3 is 1. The molecule has 4 nitrogen and oxygen atoms in total. The number of halogens is 1. The van der Waals surface area contributed by atoms with Crippen LogP contribution in [0.5, 0.6) is 11.5 Å². The van der Waals surface area contributed by atoms with E-state index in [4.69, 9.17) is 4.74 Å². The Morgan fingerprint density at radius 1 is 1.62 bits per heavy atom. The van der Waals surface area contributed by atoms with Crippen molar-refractivity contribution in [2.24, 2.45) is 0 Å². The van der Waals surface area contributed by atoms with Crippen LogP contribution in [0.1, 0.15) is 5.56 Å². The molecule has 2 N–H and O–H groups in total. The van der Waals surface area contributed by atoms with E-state index < -0.39 is 11.7 Å². The molecule has 0 saturated heterocycles. The molecule has 0 unspecified atom stereocenters. The summed E-state index contributed by atoms with van der Waals surface area (Å²) in [5, 5.41) is 11.9. The van der Waals surface area contributed by atoms with E-state index in [0.717, 1.165) is 0 Å². The van der Waals surface area contributed by atoms with E-state index >= 15 is 0 Å². The summed E-state index contributed by atoms with van der Waals surface area (Å²) in [4.78, 5) is 10.9. The summed E-state index contributed by atoms with van der Waals surface area (Å²) >= 11 is 0. The number of benzene rings is 1. The second-order valence-electron chi connectivity index (χ2n) is 3.06. The molecule has 16 heavy (non-hydrogen) atoms. The fourth-order valence-corrected chi connectivity index (χ4v) is 1.15. The second kappa shape index (κ2) is 5.16. The van der Waals surface area contributed by atoms with Crippen molar-refractivity contribution in [3.05, 3.63) is 36.2 Å². The molecule has 86 valence electrons. The molecule has 5 heteroatoms. The number of carbonyl (C=O) groups is 1. The van der Waals surface area contributed by atoms with Gasteiger partial charge in [-0.05, 0) is 6.07 Å². The van der Waals surface area contributed by atoms with Gasteiger partial charge in [0.1, 0.15) is 0 Å². The Bertz CT molecular complexity index is 418. The topological polar surface area (TPSA) is 58.6 Å². The Hall–Kier alpha value is -2.04. The van der Waals surface area contributed by atoms with Gasteiger partial charge >= 0.3 is 0 Å². The molecule has 0 atom stereocenters. The number of amides is 1. The largest absolute Gasteiger partial charge is 0.504 e. The van der Waals surface area contributed by atoms with Crippen LogP contribution in [0.2, 0.25) is 0 Å². The van der Waals surface area contributed by atoms with Crippen LogP contribution in [0.3, 0.4) is 0 Å². The first-order valence-electron chi connectivity index (χ1n) is 4.53. The molecule has 0 spiro atoms. The number of phenols is 1. The molecule has 0 aromatic heterocycles. The van der Waals surface area contributed by atoms with Crippen molar-refractivity contribution in [3.63, 3.8) is 0 Å². The lowest BCUT2D eigenvalue weighted by Crippen LogP contribution is -2.22. The van der Waals surface area contributed by atoms with Gasteiger partial charge in [0.25, 0.3) is 5.91 Å². The lowest BCUT2D eigenvalue weighted by atomic mass is 10.2. The molecule has 0 radical (unpaired) electrons. The van der Waals surface area contributed by atoms with Crippen LogP contribution in [-0.2, 0) is 11.3 Å². The van der Waals surface area contributed by atoms with Crippen LogP contribution in [0.4, 0.5) is 4.39 Å². The van der Waals surface area contributed by atoms with E-state index in [1.165, 1.54) is 7.11 Å². The predicted molar refractivity (Wildman–Crippen MR) is 56.8 cm³/mol. The number of hydrogen-bond acceptors (Lipinski definition) is 3. The Morgan fingerprint density at radius 3 is 2.88 bits per heavy atom. The molecule has 0 heterocycles. The van der Waals surface area contributed by atoms with Crippen molar-refractivity contribution >= 4 is 5.91 Å². The lowest BCUT2D eigenvalue weighted by molar-refractivity contribution is -0.119. The second-order valence-corrected chi connectivity index (χ2v) is 3.06. The molecule has 1 amide bonds. The highest BCUT2D eigenvalue weighted by Crippen LogP contribution is 2.29. The summed E-state index contributed by atoms with van der Waals surface area (Å²) in [6, 6.07) is 4.83. The molecule has 1 rings (SSSR count). The Balaban J connectivity index is 2.75. The molecule has 1 aromatic rings. The smallest absolute Gasteiger partial charge is 0.279 e. The minimum absolute atomic E-state index is 0.00477. The molecule has 0 bridgehead atoms. The Morgan fingerprint density at radius 2 is 2.31 bits per heavy atom. The lowest BCUT2D eigenvalue weighted by Gasteiger charge is -2.09. The van der Waals surface area contributed by atoms with Crippen LogP contribution >= 0.6 is 0 Å². The maximum Gasteiger partial charge on any atom is 0.279 e. The number of carbonyl (C=O) groups excluding carboxylic acids is 1. The minimum atomic E-state index is -1.07. The van der Waals surface area contributed by atoms with Gasteiger partial charge in [-0.1, -0.05) is 18.7 Å². The third-order valence-corrected chi connectivity index (χ3v) is 1.99. The molecule has 0 aliphatic carbocycles. The highest BCUT2D eigenvalue weighted by atomic mass is 19.1. The number of aromatic hydroxyl groups is 1. The SMILES string of the molecule is C=C(F)C(=O)NCc1cccc(OC)c1O. The third-order valence-electron chi connectivity index (χ3n) is 1.99. The number of phenolic OH excluding ortho intramolecular Hbond substituents is 1. The molecule has 0 aliphatic rings. The van der Waals surface area contributed by atoms with E-state index in [0.29, 0.717) is 11.3 Å². The maximum absolute atomic E-state index is 12.4. The van der Waals surface area contributed by atoms with Gasteiger partial charge in [-0.15, -0.1) is 0 Å². The molecule has 0 saturated carbocycles. The normalized spacial score (nSPS) is 9.62. The standard InChI is InChI=1S/C11H12FNO3/c1-7(12)11(15)13-6-8-4-3-5-9(16-2)10(8)14/h3-5,14H,1,6H2,2H3,(H,13,15). The van der Waals surface area contributed by atoms with Crippen LogP contribution in [0.25, 0.3) is 0 Å². The van der Waals surface area contributed by atoms with Gasteiger partial charge in [0.2, 0.25) is 0 Å². The number of nitrogens with one attached hydrogen (secondary N) is 1. The summed E-state index contributed by atoms with van der Waals surface area (Å²) in [6.45, 7) is 2.86. The van der Waals surface area contributed by atoms with Crippen molar-refractivity contribution in [2.75, 3.05) is 7.11 Å². The van der Waals surface area contributed by atoms with Gasteiger partial charge < -0.3 is 15.2 Å². The summed E-state index contributed by atoms with van der Waals surface area (Å²) in [6.07, 6.45) is 0. The van der Waals surface area contributed by atoms with Gasteiger partial charge in [-0.25, -0.2) is 4.39 Å². The molecular weight excluding hydrogens is 213 g/mol. The molecule has 0 aliphatic heterocycles. The van der Waals surface area contributed by atoms with Crippen LogP contribution in [0, 0.1) is 0 Å². The minimum Gasteiger partial charge on any atom is -0.504 e. The number of ether oxygens (including phenoxy) is 1. The van der Waals surface area contributed by atoms with Crippen LogP contribution in [0.15, 0.2) is 30.6 Å². The average Bonchev–Trinajstić information content (AvgIpc) is 2.27. The fraction of sp³-hybridized carbons (Fsp3) is 0.182. The first kappa shape index (κ1) is 12.0. The maximum atomic E-state index is 12.4. The first-order valence-corrected chi connectivity index (χ1v) is 4.53. The number of rotatable bonds is 4. The van der Waals surface area contributed by atoms with Gasteiger partial charge in [0, 0.05) is 12.1 Å². The van der Waals surface area contributed by atoms with Crippen molar-refractivity contribution in [1.82, 2.24) is 5.32 Å². The van der Waals surface area contributed by atoms with E-state index in [1.807, 2.05) is 0 Å². The fourth-order valence-electron chi connectivity index (χ4n) is 1.15. The van der Waals surface area contributed by atoms with Crippen molar-refractivity contribution in [3.8, 4) is 11.5 Å². The number of hydrogen-bond donors (Lipinski definition) is 2. The van der Waals surface area contributed by atoms with Gasteiger partial charge in [0.15, 0.2) is 17.3 Å².